The maximum Gasteiger partial charge on any atom is 0.233 e. The smallest absolute Gasteiger partial charge is 0.233 e. The van der Waals surface area contributed by atoms with Crippen molar-refractivity contribution >= 4 is 29.3 Å². The molecule has 146 valence electrons. The van der Waals surface area contributed by atoms with E-state index in [1.165, 1.54) is 28.6 Å². The van der Waals surface area contributed by atoms with Crippen LogP contribution in [0.5, 0.6) is 0 Å². The standard InChI is InChI=1S/C19H19ClFN5OS/c1-12(13-5-9-16(21)10-6-13)25(2)17(27)11-28-19-24-23-18(26(19)22)14-3-7-15(20)8-4-14/h3-10,12H,11,22H2,1-2H3. The topological polar surface area (TPSA) is 77.0 Å². The number of amides is 1. The Balaban J connectivity index is 1.64. The van der Waals surface area contributed by atoms with Crippen LogP contribution in [0.1, 0.15) is 18.5 Å². The summed E-state index contributed by atoms with van der Waals surface area (Å²) in [5.41, 5.74) is 1.63. The van der Waals surface area contributed by atoms with Crippen LogP contribution in [0.15, 0.2) is 53.7 Å². The highest BCUT2D eigenvalue weighted by Gasteiger charge is 2.19. The number of nitrogen functional groups attached to an aromatic ring is 1. The van der Waals surface area contributed by atoms with Gasteiger partial charge in [0.15, 0.2) is 5.82 Å². The van der Waals surface area contributed by atoms with Crippen molar-refractivity contribution in [2.45, 2.75) is 18.1 Å². The van der Waals surface area contributed by atoms with Crippen LogP contribution in [0.3, 0.4) is 0 Å². The van der Waals surface area contributed by atoms with Gasteiger partial charge in [-0.05, 0) is 48.9 Å². The summed E-state index contributed by atoms with van der Waals surface area (Å²) in [5.74, 6) is 6.31. The van der Waals surface area contributed by atoms with Gasteiger partial charge in [-0.3, -0.25) is 4.79 Å². The van der Waals surface area contributed by atoms with Gasteiger partial charge in [-0.15, -0.1) is 10.2 Å². The normalized spacial score (nSPS) is 12.0. The third kappa shape index (κ3) is 4.45. The molecule has 0 spiro atoms. The SMILES string of the molecule is CC(c1ccc(F)cc1)N(C)C(=O)CSc1nnc(-c2ccc(Cl)cc2)n1N. The first-order valence-corrected chi connectivity index (χ1v) is 9.83. The molecule has 6 nitrogen and oxygen atoms in total. The van der Waals surface area contributed by atoms with Gasteiger partial charge in [0.25, 0.3) is 0 Å². The molecule has 0 saturated heterocycles. The zero-order chi connectivity index (χ0) is 20.3. The summed E-state index contributed by atoms with van der Waals surface area (Å²) in [5, 5.41) is 9.20. The Kier molecular flexibility index (Phi) is 6.21. The number of hydrogen-bond donors (Lipinski definition) is 1. The van der Waals surface area contributed by atoms with Crippen LogP contribution in [0.2, 0.25) is 5.02 Å². The average Bonchev–Trinajstić information content (AvgIpc) is 3.06. The molecule has 3 aromatic rings. The molecule has 3 rings (SSSR count). The molecule has 0 bridgehead atoms. The van der Waals surface area contributed by atoms with E-state index in [4.69, 9.17) is 17.4 Å². The van der Waals surface area contributed by atoms with Crippen LogP contribution in [-0.2, 0) is 4.79 Å². The fourth-order valence-corrected chi connectivity index (χ4v) is 3.49. The van der Waals surface area contributed by atoms with Crippen molar-refractivity contribution < 1.29 is 9.18 Å². The Labute approximate surface area is 171 Å². The van der Waals surface area contributed by atoms with Crippen molar-refractivity contribution in [3.05, 3.63) is 64.9 Å². The number of rotatable bonds is 6. The average molecular weight is 420 g/mol. The molecule has 28 heavy (non-hydrogen) atoms. The summed E-state index contributed by atoms with van der Waals surface area (Å²) in [7, 11) is 1.71. The molecular weight excluding hydrogens is 401 g/mol. The maximum absolute atomic E-state index is 13.1. The molecule has 9 heteroatoms. The second-order valence-corrected chi connectivity index (χ2v) is 7.58. The minimum atomic E-state index is -0.306. The lowest BCUT2D eigenvalue weighted by atomic mass is 10.1. The predicted molar refractivity (Wildman–Crippen MR) is 109 cm³/mol. The zero-order valence-corrected chi connectivity index (χ0v) is 16.9. The molecule has 0 fully saturated rings. The summed E-state index contributed by atoms with van der Waals surface area (Å²) in [6.07, 6.45) is 0. The molecule has 2 aromatic carbocycles. The number of hydrogen-bond acceptors (Lipinski definition) is 5. The minimum absolute atomic E-state index is 0.0992. The van der Waals surface area contributed by atoms with Crippen LogP contribution in [-0.4, -0.2) is 38.5 Å². The number of nitrogens with two attached hydrogens (primary N) is 1. The van der Waals surface area contributed by atoms with Gasteiger partial charge in [0.2, 0.25) is 11.1 Å². The molecule has 2 N–H and O–H groups in total. The number of benzene rings is 2. The predicted octanol–water partition coefficient (Wildman–Crippen LogP) is 3.76. The second-order valence-electron chi connectivity index (χ2n) is 6.20. The van der Waals surface area contributed by atoms with Gasteiger partial charge in [0, 0.05) is 17.6 Å². The van der Waals surface area contributed by atoms with Gasteiger partial charge in [-0.1, -0.05) is 35.5 Å². The number of aromatic nitrogens is 3. The Morgan fingerprint density at radius 3 is 2.50 bits per heavy atom. The number of nitrogens with zero attached hydrogens (tertiary/aromatic N) is 4. The van der Waals surface area contributed by atoms with Gasteiger partial charge < -0.3 is 10.7 Å². The van der Waals surface area contributed by atoms with Crippen molar-refractivity contribution in [3.63, 3.8) is 0 Å². The largest absolute Gasteiger partial charge is 0.338 e. The first-order chi connectivity index (χ1) is 13.4. The first kappa shape index (κ1) is 20.2. The van der Waals surface area contributed by atoms with E-state index < -0.39 is 0 Å². The number of carbonyl (C=O) groups is 1. The summed E-state index contributed by atoms with van der Waals surface area (Å²) in [6.45, 7) is 1.89. The van der Waals surface area contributed by atoms with E-state index in [1.807, 2.05) is 6.92 Å². The molecule has 1 atom stereocenters. The summed E-state index contributed by atoms with van der Waals surface area (Å²) >= 11 is 7.10. The molecule has 0 radical (unpaired) electrons. The summed E-state index contributed by atoms with van der Waals surface area (Å²) < 4.78 is 14.4. The maximum atomic E-state index is 13.1. The monoisotopic (exact) mass is 419 g/mol. The molecular formula is C19H19ClFN5OS. The lowest BCUT2D eigenvalue weighted by Gasteiger charge is -2.25. The molecule has 0 aliphatic heterocycles. The van der Waals surface area contributed by atoms with E-state index in [2.05, 4.69) is 10.2 Å². The van der Waals surface area contributed by atoms with E-state index in [0.29, 0.717) is 16.0 Å². The Hall–Kier alpha value is -2.58. The molecule has 0 aliphatic rings. The third-order valence-corrected chi connectivity index (χ3v) is 5.60. The Morgan fingerprint density at radius 1 is 1.21 bits per heavy atom. The lowest BCUT2D eigenvalue weighted by molar-refractivity contribution is -0.128. The molecule has 1 heterocycles. The molecule has 1 unspecified atom stereocenters. The van der Waals surface area contributed by atoms with Crippen molar-refractivity contribution in [2.24, 2.45) is 0 Å². The molecule has 1 amide bonds. The first-order valence-electron chi connectivity index (χ1n) is 8.47. The van der Waals surface area contributed by atoms with Crippen LogP contribution in [0.25, 0.3) is 11.4 Å². The van der Waals surface area contributed by atoms with E-state index in [0.717, 1.165) is 11.1 Å². The molecule has 0 aliphatic carbocycles. The Morgan fingerprint density at radius 2 is 1.86 bits per heavy atom. The van der Waals surface area contributed by atoms with Gasteiger partial charge in [0.05, 0.1) is 11.8 Å². The number of carbonyl (C=O) groups excluding carboxylic acids is 1. The summed E-state index contributed by atoms with van der Waals surface area (Å²) in [4.78, 5) is 14.2. The summed E-state index contributed by atoms with van der Waals surface area (Å²) in [6, 6.07) is 13.0. The molecule has 1 aromatic heterocycles. The highest BCUT2D eigenvalue weighted by atomic mass is 35.5. The van der Waals surface area contributed by atoms with Gasteiger partial charge in [0.1, 0.15) is 5.82 Å². The van der Waals surface area contributed by atoms with Gasteiger partial charge >= 0.3 is 0 Å². The molecule has 0 saturated carbocycles. The van der Waals surface area contributed by atoms with Crippen molar-refractivity contribution in [1.29, 1.82) is 0 Å². The highest BCUT2D eigenvalue weighted by molar-refractivity contribution is 7.99. The number of halogens is 2. The van der Waals surface area contributed by atoms with Crippen molar-refractivity contribution in [1.82, 2.24) is 19.8 Å². The van der Waals surface area contributed by atoms with E-state index in [9.17, 15) is 9.18 Å². The van der Waals surface area contributed by atoms with Gasteiger partial charge in [-0.25, -0.2) is 9.07 Å². The third-order valence-electron chi connectivity index (χ3n) is 4.42. The van der Waals surface area contributed by atoms with Crippen LogP contribution in [0.4, 0.5) is 4.39 Å². The van der Waals surface area contributed by atoms with E-state index >= 15 is 0 Å². The van der Waals surface area contributed by atoms with Crippen LogP contribution < -0.4 is 5.84 Å². The fourth-order valence-electron chi connectivity index (χ4n) is 2.58. The van der Waals surface area contributed by atoms with Gasteiger partial charge in [-0.2, -0.15) is 0 Å². The van der Waals surface area contributed by atoms with Crippen molar-refractivity contribution in [3.8, 4) is 11.4 Å². The quantitative estimate of drug-likeness (QED) is 0.486. The minimum Gasteiger partial charge on any atom is -0.338 e. The fraction of sp³-hybridized carbons (Fsp3) is 0.211. The van der Waals surface area contributed by atoms with Crippen molar-refractivity contribution in [2.75, 3.05) is 18.6 Å². The second kappa shape index (κ2) is 8.62. The number of thioether (sulfide) groups is 1. The van der Waals surface area contributed by atoms with Crippen LogP contribution in [0, 0.1) is 5.82 Å². The van der Waals surface area contributed by atoms with Crippen LogP contribution >= 0.6 is 23.4 Å². The lowest BCUT2D eigenvalue weighted by Crippen LogP contribution is -2.31. The van der Waals surface area contributed by atoms with E-state index in [-0.39, 0.29) is 23.5 Å². The highest BCUT2D eigenvalue weighted by Crippen LogP contribution is 2.24. The Bertz CT molecular complexity index is 961. The van der Waals surface area contributed by atoms with E-state index in [1.54, 1.807) is 48.3 Å². The zero-order valence-electron chi connectivity index (χ0n) is 15.3.